The number of carbonyl (C=O) groups is 1. The molecule has 2 aromatic rings. The number of aromatic nitrogens is 1. The topological polar surface area (TPSA) is 73.7 Å². The van der Waals surface area contributed by atoms with Crippen molar-refractivity contribution in [2.75, 3.05) is 11.4 Å². The molecule has 0 aliphatic heterocycles. The summed E-state index contributed by atoms with van der Waals surface area (Å²) in [5.74, 6) is -0.494. The predicted octanol–water partition coefficient (Wildman–Crippen LogP) is 3.28. The van der Waals surface area contributed by atoms with Gasteiger partial charge >= 0.3 is 0 Å². The highest BCUT2D eigenvalue weighted by Crippen LogP contribution is 2.33. The molecular weight excluding hydrogens is 280 g/mol. The van der Waals surface area contributed by atoms with Gasteiger partial charge in [-0.25, -0.2) is 0 Å². The largest absolute Gasteiger partial charge is 0.508 e. The molecule has 1 aromatic heterocycles. The van der Waals surface area contributed by atoms with Crippen LogP contribution in [0, 0.1) is 0 Å². The van der Waals surface area contributed by atoms with Crippen LogP contribution in [0.4, 0.5) is 5.69 Å². The van der Waals surface area contributed by atoms with Crippen LogP contribution in [0.1, 0.15) is 42.6 Å². The van der Waals surface area contributed by atoms with Crippen molar-refractivity contribution in [3.05, 3.63) is 47.8 Å². The van der Waals surface area contributed by atoms with Gasteiger partial charge in [0.2, 0.25) is 0 Å². The first-order valence-corrected chi connectivity index (χ1v) is 7.23. The van der Waals surface area contributed by atoms with Gasteiger partial charge in [-0.2, -0.15) is 0 Å². The van der Waals surface area contributed by atoms with Crippen molar-refractivity contribution in [2.24, 2.45) is 0 Å². The normalized spacial score (nSPS) is 10.7. The summed E-state index contributed by atoms with van der Waals surface area (Å²) in [5, 5.41) is 19.9. The maximum absolute atomic E-state index is 12.7. The second kappa shape index (κ2) is 6.47. The maximum atomic E-state index is 12.7. The number of nitrogens with zero attached hydrogens (tertiary/aromatic N) is 2. The molecule has 1 aromatic carbocycles. The zero-order chi connectivity index (χ0) is 16.3. The third kappa shape index (κ3) is 3.03. The van der Waals surface area contributed by atoms with Crippen molar-refractivity contribution in [3.63, 3.8) is 0 Å². The number of hydrogen-bond acceptors (Lipinski definition) is 4. The molecule has 116 valence electrons. The van der Waals surface area contributed by atoms with Gasteiger partial charge in [0.1, 0.15) is 11.5 Å². The summed E-state index contributed by atoms with van der Waals surface area (Å²) >= 11 is 0. The number of amides is 1. The molecule has 0 spiro atoms. The molecule has 0 unspecified atom stereocenters. The van der Waals surface area contributed by atoms with E-state index in [-0.39, 0.29) is 28.9 Å². The van der Waals surface area contributed by atoms with E-state index in [9.17, 15) is 15.0 Å². The Hall–Kier alpha value is -2.56. The van der Waals surface area contributed by atoms with Gasteiger partial charge in [0.25, 0.3) is 5.91 Å². The van der Waals surface area contributed by atoms with Crippen LogP contribution in [-0.4, -0.2) is 27.6 Å². The van der Waals surface area contributed by atoms with Crippen LogP contribution in [0.15, 0.2) is 36.7 Å². The number of rotatable bonds is 4. The molecule has 5 nitrogen and oxygen atoms in total. The lowest BCUT2D eigenvalue weighted by Gasteiger charge is -2.22. The van der Waals surface area contributed by atoms with Gasteiger partial charge in [-0.3, -0.25) is 9.78 Å². The van der Waals surface area contributed by atoms with Gasteiger partial charge in [-0.05, 0) is 36.6 Å². The Morgan fingerprint density at radius 1 is 1.18 bits per heavy atom. The Labute approximate surface area is 129 Å². The van der Waals surface area contributed by atoms with Crippen LogP contribution in [0.25, 0.3) is 0 Å². The van der Waals surface area contributed by atoms with E-state index in [1.165, 1.54) is 6.07 Å². The molecular formula is C17H20N2O3. The minimum Gasteiger partial charge on any atom is -0.508 e. The van der Waals surface area contributed by atoms with Crippen molar-refractivity contribution in [1.82, 2.24) is 4.98 Å². The van der Waals surface area contributed by atoms with Crippen LogP contribution in [-0.2, 0) is 0 Å². The van der Waals surface area contributed by atoms with Gasteiger partial charge in [0.15, 0.2) is 0 Å². The summed E-state index contributed by atoms with van der Waals surface area (Å²) < 4.78 is 0. The third-order valence-corrected chi connectivity index (χ3v) is 3.53. The number of anilines is 1. The minimum atomic E-state index is -0.312. The Balaban J connectivity index is 2.46. The molecule has 2 N–H and O–H groups in total. The molecule has 0 saturated heterocycles. The zero-order valence-electron chi connectivity index (χ0n) is 12.9. The van der Waals surface area contributed by atoms with Crippen LogP contribution in [0.3, 0.4) is 0 Å². The monoisotopic (exact) mass is 300 g/mol. The summed E-state index contributed by atoms with van der Waals surface area (Å²) in [6.45, 7) is 6.15. The van der Waals surface area contributed by atoms with E-state index in [4.69, 9.17) is 0 Å². The molecule has 5 heteroatoms. The quantitative estimate of drug-likeness (QED) is 0.908. The SMILES string of the molecule is CCN(C(=O)c1cc(C(C)C)c(O)cc1O)c1ccncc1. The average Bonchev–Trinajstić information content (AvgIpc) is 2.48. The maximum Gasteiger partial charge on any atom is 0.262 e. The molecule has 1 heterocycles. The highest BCUT2D eigenvalue weighted by atomic mass is 16.3. The molecule has 0 bridgehead atoms. The molecule has 0 atom stereocenters. The standard InChI is InChI=1S/C17H20N2O3/c1-4-19(12-5-7-18-8-6-12)17(22)14-9-13(11(2)3)15(20)10-16(14)21/h5-11,20-21H,4H2,1-3H3. The number of carbonyl (C=O) groups excluding carboxylic acids is 1. The first-order valence-electron chi connectivity index (χ1n) is 7.23. The lowest BCUT2D eigenvalue weighted by molar-refractivity contribution is 0.0985. The predicted molar refractivity (Wildman–Crippen MR) is 85.4 cm³/mol. The lowest BCUT2D eigenvalue weighted by Crippen LogP contribution is -2.30. The smallest absolute Gasteiger partial charge is 0.262 e. The van der Waals surface area contributed by atoms with Gasteiger partial charge in [-0.1, -0.05) is 13.8 Å². The minimum absolute atomic E-state index is 0.00369. The van der Waals surface area contributed by atoms with E-state index >= 15 is 0 Å². The fourth-order valence-corrected chi connectivity index (χ4v) is 2.34. The molecule has 0 radical (unpaired) electrons. The second-order valence-corrected chi connectivity index (χ2v) is 5.34. The molecule has 1 amide bonds. The molecule has 2 rings (SSSR count). The van der Waals surface area contributed by atoms with E-state index in [1.54, 1.807) is 35.5 Å². The molecule has 0 saturated carbocycles. The number of benzene rings is 1. The number of pyridine rings is 1. The summed E-state index contributed by atoms with van der Waals surface area (Å²) in [7, 11) is 0. The molecule has 0 aliphatic rings. The van der Waals surface area contributed by atoms with E-state index in [2.05, 4.69) is 4.98 Å². The van der Waals surface area contributed by atoms with E-state index in [0.29, 0.717) is 17.8 Å². The highest BCUT2D eigenvalue weighted by molar-refractivity contribution is 6.08. The van der Waals surface area contributed by atoms with Crippen LogP contribution < -0.4 is 4.90 Å². The molecule has 0 fully saturated rings. The number of hydrogen-bond donors (Lipinski definition) is 2. The summed E-state index contributed by atoms with van der Waals surface area (Å²) in [6.07, 6.45) is 3.23. The van der Waals surface area contributed by atoms with Crippen molar-refractivity contribution >= 4 is 11.6 Å². The summed E-state index contributed by atoms with van der Waals surface area (Å²) in [6, 6.07) is 6.26. The Morgan fingerprint density at radius 2 is 1.82 bits per heavy atom. The van der Waals surface area contributed by atoms with E-state index in [0.717, 1.165) is 0 Å². The summed E-state index contributed by atoms with van der Waals surface area (Å²) in [4.78, 5) is 18.2. The number of phenolic OH excluding ortho intramolecular Hbond substituents is 2. The van der Waals surface area contributed by atoms with Crippen molar-refractivity contribution in [3.8, 4) is 11.5 Å². The number of phenols is 2. The van der Waals surface area contributed by atoms with Gasteiger partial charge < -0.3 is 15.1 Å². The fourth-order valence-electron chi connectivity index (χ4n) is 2.34. The molecule has 22 heavy (non-hydrogen) atoms. The third-order valence-electron chi connectivity index (χ3n) is 3.53. The molecule has 0 aliphatic carbocycles. The van der Waals surface area contributed by atoms with Crippen molar-refractivity contribution in [2.45, 2.75) is 26.7 Å². The summed E-state index contributed by atoms with van der Waals surface area (Å²) in [5.41, 5.74) is 1.52. The Bertz CT molecular complexity index is 669. The van der Waals surface area contributed by atoms with Crippen LogP contribution in [0.5, 0.6) is 11.5 Å². The first kappa shape index (κ1) is 15.8. The zero-order valence-corrected chi connectivity index (χ0v) is 12.9. The second-order valence-electron chi connectivity index (χ2n) is 5.34. The van der Waals surface area contributed by atoms with Crippen molar-refractivity contribution < 1.29 is 15.0 Å². The van der Waals surface area contributed by atoms with Crippen molar-refractivity contribution in [1.29, 1.82) is 0 Å². The van der Waals surface area contributed by atoms with Crippen LogP contribution in [0.2, 0.25) is 0 Å². The average molecular weight is 300 g/mol. The van der Waals surface area contributed by atoms with Gasteiger partial charge in [0.05, 0.1) is 5.56 Å². The van der Waals surface area contributed by atoms with Gasteiger partial charge in [-0.15, -0.1) is 0 Å². The first-order chi connectivity index (χ1) is 10.5. The number of aromatic hydroxyl groups is 2. The van der Waals surface area contributed by atoms with E-state index in [1.807, 2.05) is 20.8 Å². The lowest BCUT2D eigenvalue weighted by atomic mass is 9.98. The van der Waals surface area contributed by atoms with E-state index < -0.39 is 0 Å². The Morgan fingerprint density at radius 3 is 2.36 bits per heavy atom. The Kier molecular flexibility index (Phi) is 4.65. The van der Waals surface area contributed by atoms with Crippen LogP contribution >= 0.6 is 0 Å². The fraction of sp³-hybridized carbons (Fsp3) is 0.294. The van der Waals surface area contributed by atoms with Gasteiger partial charge in [0, 0.05) is 30.7 Å². The highest BCUT2D eigenvalue weighted by Gasteiger charge is 2.22.